The fourth-order valence-electron chi connectivity index (χ4n) is 6.52. The van der Waals surface area contributed by atoms with Crippen LogP contribution in [0.4, 0.5) is 0 Å². The van der Waals surface area contributed by atoms with Crippen molar-refractivity contribution in [2.24, 2.45) is 0 Å². The summed E-state index contributed by atoms with van der Waals surface area (Å²) in [4.78, 5) is 26.0. The van der Waals surface area contributed by atoms with Crippen LogP contribution in [0.25, 0.3) is 0 Å². The zero-order valence-electron chi connectivity index (χ0n) is 37.4. The lowest BCUT2D eigenvalue weighted by Gasteiger charge is -2.24. The molecule has 0 bridgehead atoms. The van der Waals surface area contributed by atoms with Crippen molar-refractivity contribution in [3.05, 3.63) is 97.2 Å². The summed E-state index contributed by atoms with van der Waals surface area (Å²) < 4.78 is 5.87. The summed E-state index contributed by atoms with van der Waals surface area (Å²) in [5.41, 5.74) is 0. The second kappa shape index (κ2) is 44.9. The van der Waals surface area contributed by atoms with E-state index < -0.39 is 18.2 Å². The molecule has 0 spiro atoms. The van der Waals surface area contributed by atoms with Gasteiger partial charge in [0.05, 0.1) is 25.2 Å². The number of hydrogen-bond acceptors (Lipinski definition) is 5. The second-order valence-electron chi connectivity index (χ2n) is 15.5. The molecule has 0 rings (SSSR count). The molecular weight excluding hydrogens is 719 g/mol. The fourth-order valence-corrected chi connectivity index (χ4v) is 6.52. The Hall–Kier alpha value is -3.22. The van der Waals surface area contributed by atoms with Gasteiger partial charge in [-0.25, -0.2) is 0 Å². The zero-order chi connectivity index (χ0) is 42.4. The molecule has 0 aliphatic rings. The maximum Gasteiger partial charge on any atom is 0.306 e. The summed E-state index contributed by atoms with van der Waals surface area (Å²) >= 11 is 0. The molecule has 0 aromatic heterocycles. The Morgan fingerprint density at radius 2 is 1.02 bits per heavy atom. The van der Waals surface area contributed by atoms with Gasteiger partial charge < -0.3 is 20.3 Å². The van der Waals surface area contributed by atoms with Crippen molar-refractivity contribution in [1.29, 1.82) is 0 Å². The standard InChI is InChI=1S/C52H87NO5/c1-4-7-10-13-16-19-22-25-26-27-30-33-36-39-42-45-52(57)58-48(43-40-37-34-31-28-23-20-17-14-11-8-5-2)46-51(56)53-49(47-54)50(55)44-41-38-35-32-29-24-21-18-15-12-9-6-3/h7-8,10-11,13,16-17,19-20,22,25-28,30-31,48-50,54-55H,4-6,9,12,14-15,18,21,23-24,29,32-47H2,1-3H3,(H,53,56)/b10-7+,11-8+,16-13+,20-17+,22-19-,26-25-,30-27+,31-28+. The SMILES string of the molecule is CC/C=C/C=C/C=C\C=C/C=C/CCCCCC(=O)OC(CCCC/C=C/C/C=C/C/C=C/CC)CC(=O)NC(CO)C(O)CCCCCCCCCCCCCC. The molecule has 0 aromatic rings. The van der Waals surface area contributed by atoms with E-state index in [9.17, 15) is 19.8 Å². The second-order valence-corrected chi connectivity index (χ2v) is 15.5. The molecular formula is C52H87NO5. The van der Waals surface area contributed by atoms with E-state index in [1.165, 1.54) is 57.8 Å². The van der Waals surface area contributed by atoms with E-state index in [2.05, 4.69) is 80.8 Å². The highest BCUT2D eigenvalue weighted by atomic mass is 16.5. The molecule has 0 aromatic carbocycles. The Kier molecular flexibility index (Phi) is 42.4. The largest absolute Gasteiger partial charge is 0.462 e. The number of allylic oxidation sites excluding steroid dienone is 16. The number of rotatable bonds is 40. The lowest BCUT2D eigenvalue weighted by Crippen LogP contribution is -2.46. The van der Waals surface area contributed by atoms with Gasteiger partial charge in [-0.15, -0.1) is 0 Å². The summed E-state index contributed by atoms with van der Waals surface area (Å²) in [6.45, 7) is 6.18. The van der Waals surface area contributed by atoms with Gasteiger partial charge in [-0.2, -0.15) is 0 Å². The van der Waals surface area contributed by atoms with Crippen LogP contribution in [0.2, 0.25) is 0 Å². The van der Waals surface area contributed by atoms with Crippen LogP contribution in [-0.2, 0) is 14.3 Å². The number of amides is 1. The van der Waals surface area contributed by atoms with Crippen molar-refractivity contribution < 1.29 is 24.5 Å². The topological polar surface area (TPSA) is 95.9 Å². The molecule has 0 aliphatic carbocycles. The van der Waals surface area contributed by atoms with Crippen LogP contribution >= 0.6 is 0 Å². The van der Waals surface area contributed by atoms with Crippen molar-refractivity contribution in [2.75, 3.05) is 6.61 Å². The van der Waals surface area contributed by atoms with Crippen molar-refractivity contribution >= 4 is 11.9 Å². The minimum atomic E-state index is -0.810. The van der Waals surface area contributed by atoms with Crippen molar-refractivity contribution in [1.82, 2.24) is 5.32 Å². The quantitative estimate of drug-likeness (QED) is 0.0248. The first kappa shape index (κ1) is 54.8. The molecule has 0 aliphatic heterocycles. The van der Waals surface area contributed by atoms with Gasteiger partial charge in [0, 0.05) is 6.42 Å². The molecule has 6 heteroatoms. The Morgan fingerprint density at radius 3 is 1.62 bits per heavy atom. The average Bonchev–Trinajstić information content (AvgIpc) is 3.22. The first-order chi connectivity index (χ1) is 28.5. The van der Waals surface area contributed by atoms with Crippen LogP contribution in [0.5, 0.6) is 0 Å². The van der Waals surface area contributed by atoms with E-state index in [0.29, 0.717) is 19.3 Å². The number of nitrogens with one attached hydrogen (secondary N) is 1. The summed E-state index contributed by atoms with van der Waals surface area (Å²) in [5, 5.41) is 23.7. The summed E-state index contributed by atoms with van der Waals surface area (Å²) in [6.07, 6.45) is 58.9. The maximum atomic E-state index is 13.1. The molecule has 0 fully saturated rings. The average molecular weight is 806 g/mol. The van der Waals surface area contributed by atoms with Crippen LogP contribution in [0.15, 0.2) is 97.2 Å². The van der Waals surface area contributed by atoms with Gasteiger partial charge in [-0.3, -0.25) is 9.59 Å². The molecule has 0 radical (unpaired) electrons. The molecule has 0 heterocycles. The summed E-state index contributed by atoms with van der Waals surface area (Å²) in [6, 6.07) is -0.727. The fraction of sp³-hybridized carbons (Fsp3) is 0.654. The van der Waals surface area contributed by atoms with Gasteiger partial charge >= 0.3 is 5.97 Å². The molecule has 1 amide bonds. The number of hydrogen-bond donors (Lipinski definition) is 3. The van der Waals surface area contributed by atoms with Gasteiger partial charge in [0.2, 0.25) is 5.91 Å². The van der Waals surface area contributed by atoms with Gasteiger partial charge in [-0.05, 0) is 77.0 Å². The highest BCUT2D eigenvalue weighted by Gasteiger charge is 2.24. The normalized spacial score (nSPS) is 14.2. The van der Waals surface area contributed by atoms with E-state index in [1.807, 2.05) is 42.5 Å². The Balaban J connectivity index is 4.74. The Labute approximate surface area is 356 Å². The van der Waals surface area contributed by atoms with Crippen molar-refractivity contribution in [3.8, 4) is 0 Å². The summed E-state index contributed by atoms with van der Waals surface area (Å²) in [7, 11) is 0. The van der Waals surface area contributed by atoms with Gasteiger partial charge in [0.1, 0.15) is 6.10 Å². The molecule has 3 atom stereocenters. The van der Waals surface area contributed by atoms with Crippen molar-refractivity contribution in [3.63, 3.8) is 0 Å². The number of aliphatic hydroxyl groups is 2. The summed E-state index contributed by atoms with van der Waals surface area (Å²) in [5.74, 6) is -0.573. The number of carbonyl (C=O) groups is 2. The van der Waals surface area contributed by atoms with Crippen LogP contribution in [0.1, 0.15) is 194 Å². The highest BCUT2D eigenvalue weighted by Crippen LogP contribution is 2.16. The first-order valence-electron chi connectivity index (χ1n) is 23.5. The Morgan fingerprint density at radius 1 is 0.534 bits per heavy atom. The van der Waals surface area contributed by atoms with E-state index in [0.717, 1.165) is 89.9 Å². The predicted octanol–water partition coefficient (Wildman–Crippen LogP) is 13.8. The molecule has 330 valence electrons. The Bertz CT molecular complexity index is 1180. The molecule has 6 nitrogen and oxygen atoms in total. The van der Waals surface area contributed by atoms with Crippen molar-refractivity contribution in [2.45, 2.75) is 212 Å². The molecule has 0 saturated heterocycles. The first-order valence-corrected chi connectivity index (χ1v) is 23.5. The third kappa shape index (κ3) is 39.6. The maximum absolute atomic E-state index is 13.1. The van der Waals surface area contributed by atoms with Crippen LogP contribution < -0.4 is 5.32 Å². The lowest BCUT2D eigenvalue weighted by atomic mass is 10.0. The third-order valence-electron chi connectivity index (χ3n) is 10.0. The van der Waals surface area contributed by atoms with Gasteiger partial charge in [-0.1, -0.05) is 201 Å². The molecule has 58 heavy (non-hydrogen) atoms. The highest BCUT2D eigenvalue weighted by molar-refractivity contribution is 5.77. The molecule has 3 N–H and O–H groups in total. The predicted molar refractivity (Wildman–Crippen MR) is 250 cm³/mol. The minimum absolute atomic E-state index is 0.0281. The number of aliphatic hydroxyl groups excluding tert-OH is 2. The van der Waals surface area contributed by atoms with Crippen LogP contribution in [0, 0.1) is 0 Å². The van der Waals surface area contributed by atoms with Crippen LogP contribution in [0.3, 0.4) is 0 Å². The van der Waals surface area contributed by atoms with E-state index >= 15 is 0 Å². The molecule has 0 saturated carbocycles. The number of carbonyl (C=O) groups excluding carboxylic acids is 2. The monoisotopic (exact) mass is 806 g/mol. The number of unbranched alkanes of at least 4 members (excludes halogenated alkanes) is 16. The van der Waals surface area contributed by atoms with Gasteiger partial charge in [0.25, 0.3) is 0 Å². The van der Waals surface area contributed by atoms with Crippen LogP contribution in [-0.4, -0.2) is 46.9 Å². The van der Waals surface area contributed by atoms with E-state index in [4.69, 9.17) is 4.74 Å². The number of esters is 1. The van der Waals surface area contributed by atoms with E-state index in [-0.39, 0.29) is 24.9 Å². The number of ether oxygens (including phenoxy) is 1. The molecule has 3 unspecified atom stereocenters. The minimum Gasteiger partial charge on any atom is -0.462 e. The smallest absolute Gasteiger partial charge is 0.306 e. The zero-order valence-corrected chi connectivity index (χ0v) is 37.4. The lowest BCUT2D eigenvalue weighted by molar-refractivity contribution is -0.151. The third-order valence-corrected chi connectivity index (χ3v) is 10.0. The van der Waals surface area contributed by atoms with E-state index in [1.54, 1.807) is 0 Å². The van der Waals surface area contributed by atoms with Gasteiger partial charge in [0.15, 0.2) is 0 Å².